The van der Waals surface area contributed by atoms with Gasteiger partial charge in [-0.3, -0.25) is 0 Å². The van der Waals surface area contributed by atoms with Gasteiger partial charge in [-0.2, -0.15) is 5.10 Å². The van der Waals surface area contributed by atoms with Gasteiger partial charge < -0.3 is 20.1 Å². The van der Waals surface area contributed by atoms with E-state index in [1.807, 2.05) is 46.1 Å². The van der Waals surface area contributed by atoms with Crippen LogP contribution >= 0.6 is 0 Å². The van der Waals surface area contributed by atoms with E-state index in [-0.39, 0.29) is 0 Å². The van der Waals surface area contributed by atoms with E-state index in [9.17, 15) is 0 Å². The van der Waals surface area contributed by atoms with Gasteiger partial charge in [0.25, 0.3) is 0 Å². The van der Waals surface area contributed by atoms with Gasteiger partial charge in [-0.25, -0.2) is 9.66 Å². The van der Waals surface area contributed by atoms with Crippen molar-refractivity contribution in [2.45, 2.75) is 13.8 Å². The number of nitrogens with zero attached hydrogens (tertiary/aromatic N) is 4. The largest absolute Gasteiger partial charge is 0.490 e. The van der Waals surface area contributed by atoms with Gasteiger partial charge in [0.2, 0.25) is 5.95 Å². The summed E-state index contributed by atoms with van der Waals surface area (Å²) < 4.78 is 13.0. The first-order valence-corrected chi connectivity index (χ1v) is 7.89. The van der Waals surface area contributed by atoms with Crippen molar-refractivity contribution in [3.8, 4) is 11.5 Å². The summed E-state index contributed by atoms with van der Waals surface area (Å²) in [7, 11) is 4.02. The maximum atomic E-state index is 5.79. The Labute approximate surface area is 142 Å². The van der Waals surface area contributed by atoms with E-state index < -0.39 is 0 Å². The molecule has 2 N–H and O–H groups in total. The molecule has 1 aromatic carbocycles. The predicted octanol–water partition coefficient (Wildman–Crippen LogP) is 2.00. The topological polar surface area (TPSA) is 77.9 Å². The molecule has 0 radical (unpaired) electrons. The summed E-state index contributed by atoms with van der Waals surface area (Å²) in [4.78, 5) is 6.18. The lowest BCUT2D eigenvalue weighted by atomic mass is 10.2. The van der Waals surface area contributed by atoms with Crippen LogP contribution in [0.5, 0.6) is 11.5 Å². The Morgan fingerprint density at radius 2 is 2.08 bits per heavy atom. The van der Waals surface area contributed by atoms with Crippen LogP contribution in [0.25, 0.3) is 0 Å². The van der Waals surface area contributed by atoms with Gasteiger partial charge in [0, 0.05) is 6.54 Å². The lowest BCUT2D eigenvalue weighted by molar-refractivity contribution is 0.244. The molecule has 24 heavy (non-hydrogen) atoms. The number of nitrogens with two attached hydrogens (primary N) is 1. The van der Waals surface area contributed by atoms with Crippen molar-refractivity contribution in [3.63, 3.8) is 0 Å². The maximum Gasteiger partial charge on any atom is 0.221 e. The number of aromatic nitrogens is 2. The Morgan fingerprint density at radius 1 is 1.29 bits per heavy atom. The monoisotopic (exact) mass is 331 g/mol. The zero-order valence-electron chi connectivity index (χ0n) is 14.7. The van der Waals surface area contributed by atoms with Gasteiger partial charge in [-0.05, 0) is 51.7 Å². The summed E-state index contributed by atoms with van der Waals surface area (Å²) in [5.74, 6) is 1.79. The molecule has 0 atom stereocenters. The Kier molecular flexibility index (Phi) is 6.20. The number of anilines is 1. The molecular weight excluding hydrogens is 306 g/mol. The van der Waals surface area contributed by atoms with Gasteiger partial charge in [0.1, 0.15) is 6.61 Å². The maximum absolute atomic E-state index is 5.79. The summed E-state index contributed by atoms with van der Waals surface area (Å²) in [5.41, 5.74) is 7.49. The Bertz CT molecular complexity index is 694. The SMILES string of the molecule is CCOc1cc(C=Nn2cc(C)nc2N)ccc1OCCN(C)C. The van der Waals surface area contributed by atoms with Crippen molar-refractivity contribution in [2.75, 3.05) is 39.6 Å². The van der Waals surface area contributed by atoms with Crippen LogP contribution in [0.2, 0.25) is 0 Å². The molecule has 7 heteroatoms. The highest BCUT2D eigenvalue weighted by Gasteiger charge is 2.06. The first-order valence-electron chi connectivity index (χ1n) is 7.89. The van der Waals surface area contributed by atoms with Crippen molar-refractivity contribution in [1.82, 2.24) is 14.6 Å². The minimum absolute atomic E-state index is 0.359. The summed E-state index contributed by atoms with van der Waals surface area (Å²) >= 11 is 0. The van der Waals surface area contributed by atoms with E-state index in [4.69, 9.17) is 15.2 Å². The van der Waals surface area contributed by atoms with Gasteiger partial charge in [-0.15, -0.1) is 0 Å². The summed E-state index contributed by atoms with van der Waals surface area (Å²) in [6, 6.07) is 5.72. The molecule has 0 saturated carbocycles. The average Bonchev–Trinajstić information content (AvgIpc) is 2.85. The predicted molar refractivity (Wildman–Crippen MR) is 96.0 cm³/mol. The van der Waals surface area contributed by atoms with Crippen LogP contribution < -0.4 is 15.2 Å². The van der Waals surface area contributed by atoms with Gasteiger partial charge in [0.05, 0.1) is 24.7 Å². The summed E-state index contributed by atoms with van der Waals surface area (Å²) in [6.07, 6.45) is 3.48. The van der Waals surface area contributed by atoms with Gasteiger partial charge in [0.15, 0.2) is 11.5 Å². The fourth-order valence-corrected chi connectivity index (χ4v) is 2.06. The first kappa shape index (κ1) is 17.8. The standard InChI is InChI=1S/C17H25N5O2/c1-5-23-16-10-14(6-7-15(16)24-9-8-21(3)4)11-19-22-12-13(2)20-17(22)18/h6-7,10-12H,5,8-9H2,1-4H3,(H2,18,20). The lowest BCUT2D eigenvalue weighted by Crippen LogP contribution is -2.19. The number of aryl methyl sites for hydroxylation is 1. The Hall–Kier alpha value is -2.54. The average molecular weight is 331 g/mol. The number of imidazole rings is 1. The molecule has 0 saturated heterocycles. The van der Waals surface area contributed by atoms with Crippen LogP contribution in [0, 0.1) is 6.92 Å². The number of rotatable bonds is 8. The molecule has 0 spiro atoms. The molecular formula is C17H25N5O2. The van der Waals surface area contributed by atoms with Gasteiger partial charge >= 0.3 is 0 Å². The number of nitrogen functional groups attached to an aromatic ring is 1. The Morgan fingerprint density at radius 3 is 2.71 bits per heavy atom. The number of likely N-dealkylation sites (N-methyl/N-ethyl adjacent to an activating group) is 1. The zero-order valence-corrected chi connectivity index (χ0v) is 14.7. The molecule has 0 aliphatic heterocycles. The van der Waals surface area contributed by atoms with E-state index in [1.54, 1.807) is 12.4 Å². The third-order valence-corrected chi connectivity index (χ3v) is 3.23. The van der Waals surface area contributed by atoms with Crippen LogP contribution in [0.4, 0.5) is 5.95 Å². The fraction of sp³-hybridized carbons (Fsp3) is 0.412. The van der Waals surface area contributed by atoms with Crippen LogP contribution in [0.1, 0.15) is 18.2 Å². The molecule has 0 amide bonds. The number of ether oxygens (including phenoxy) is 2. The van der Waals surface area contributed by atoms with E-state index >= 15 is 0 Å². The van der Waals surface area contributed by atoms with Crippen molar-refractivity contribution in [3.05, 3.63) is 35.7 Å². The summed E-state index contributed by atoms with van der Waals surface area (Å²) in [5, 5.41) is 4.31. The minimum atomic E-state index is 0.359. The van der Waals surface area contributed by atoms with Crippen LogP contribution in [-0.2, 0) is 0 Å². The molecule has 0 aliphatic carbocycles. The van der Waals surface area contributed by atoms with E-state index in [0.717, 1.165) is 23.6 Å². The van der Waals surface area contributed by atoms with Gasteiger partial charge in [-0.1, -0.05) is 0 Å². The highest BCUT2D eigenvalue weighted by atomic mass is 16.5. The second-order valence-corrected chi connectivity index (χ2v) is 5.62. The first-order chi connectivity index (χ1) is 11.5. The fourth-order valence-electron chi connectivity index (χ4n) is 2.06. The molecule has 130 valence electrons. The van der Waals surface area contributed by atoms with Crippen molar-refractivity contribution >= 4 is 12.2 Å². The molecule has 7 nitrogen and oxygen atoms in total. The second-order valence-electron chi connectivity index (χ2n) is 5.62. The zero-order chi connectivity index (χ0) is 17.5. The molecule has 1 heterocycles. The van der Waals surface area contributed by atoms with E-state index in [0.29, 0.717) is 24.9 Å². The highest BCUT2D eigenvalue weighted by Crippen LogP contribution is 2.28. The highest BCUT2D eigenvalue weighted by molar-refractivity contribution is 5.81. The number of benzene rings is 1. The Balaban J connectivity index is 2.13. The smallest absolute Gasteiger partial charge is 0.221 e. The third-order valence-electron chi connectivity index (χ3n) is 3.23. The van der Waals surface area contributed by atoms with E-state index in [1.165, 1.54) is 4.68 Å². The number of hydrogen-bond donors (Lipinski definition) is 1. The second kappa shape index (κ2) is 8.35. The van der Waals surface area contributed by atoms with Crippen LogP contribution in [0.3, 0.4) is 0 Å². The van der Waals surface area contributed by atoms with Crippen molar-refractivity contribution < 1.29 is 9.47 Å². The number of hydrogen-bond acceptors (Lipinski definition) is 6. The molecule has 2 aromatic rings. The van der Waals surface area contributed by atoms with Crippen LogP contribution in [-0.4, -0.2) is 54.6 Å². The van der Waals surface area contributed by atoms with Crippen molar-refractivity contribution in [2.24, 2.45) is 5.10 Å². The minimum Gasteiger partial charge on any atom is -0.490 e. The third kappa shape index (κ3) is 4.99. The lowest BCUT2D eigenvalue weighted by Gasteiger charge is -2.14. The molecule has 0 unspecified atom stereocenters. The van der Waals surface area contributed by atoms with Crippen molar-refractivity contribution in [1.29, 1.82) is 0 Å². The quantitative estimate of drug-likeness (QED) is 0.749. The molecule has 0 fully saturated rings. The molecule has 0 bridgehead atoms. The summed E-state index contributed by atoms with van der Waals surface area (Å²) in [6.45, 7) is 5.83. The molecule has 0 aliphatic rings. The van der Waals surface area contributed by atoms with E-state index in [2.05, 4.69) is 15.0 Å². The molecule has 2 rings (SSSR count). The molecule has 1 aromatic heterocycles. The van der Waals surface area contributed by atoms with Crippen LogP contribution in [0.15, 0.2) is 29.5 Å². The normalized spacial score (nSPS) is 11.4.